The highest BCUT2D eigenvalue weighted by Crippen LogP contribution is 2.23. The molecule has 1 aliphatic carbocycles. The van der Waals surface area contributed by atoms with Crippen LogP contribution >= 0.6 is 0 Å². The van der Waals surface area contributed by atoms with Gasteiger partial charge in [0.1, 0.15) is 0 Å². The molecule has 0 heterocycles. The summed E-state index contributed by atoms with van der Waals surface area (Å²) in [4.78, 5) is 0. The molecule has 0 spiro atoms. The summed E-state index contributed by atoms with van der Waals surface area (Å²) >= 11 is 0. The van der Waals surface area contributed by atoms with Crippen LogP contribution in [0.15, 0.2) is 0 Å². The average molecular weight is 268 g/mol. The molecule has 0 aromatic rings. The fraction of sp³-hybridized carbons (Fsp3) is 1.00. The Morgan fingerprint density at radius 2 is 1.53 bits per heavy atom. The maximum absolute atomic E-state index is 5.86. The van der Waals surface area contributed by atoms with Crippen LogP contribution in [0.5, 0.6) is 0 Å². The normalized spacial score (nSPS) is 23.7. The third-order valence-electron chi connectivity index (χ3n) is 4.65. The van der Waals surface area contributed by atoms with E-state index in [2.05, 4.69) is 12.2 Å². The summed E-state index contributed by atoms with van der Waals surface area (Å²) in [6.45, 7) is 4.36. The van der Waals surface area contributed by atoms with Gasteiger partial charge in [-0.3, -0.25) is 0 Å². The fourth-order valence-electron chi connectivity index (χ4n) is 3.30. The van der Waals surface area contributed by atoms with E-state index in [0.717, 1.165) is 12.5 Å². The molecule has 0 bridgehead atoms. The van der Waals surface area contributed by atoms with Crippen molar-refractivity contribution in [2.75, 3.05) is 13.1 Å². The van der Waals surface area contributed by atoms with E-state index in [1.165, 1.54) is 83.6 Å². The Kier molecular flexibility index (Phi) is 10.5. The maximum atomic E-state index is 5.86. The van der Waals surface area contributed by atoms with E-state index in [4.69, 9.17) is 5.73 Å². The summed E-state index contributed by atoms with van der Waals surface area (Å²) in [6, 6.07) is 0.711. The Morgan fingerprint density at radius 3 is 2.21 bits per heavy atom. The van der Waals surface area contributed by atoms with E-state index < -0.39 is 0 Å². The second-order valence-electron chi connectivity index (χ2n) is 6.32. The van der Waals surface area contributed by atoms with Crippen LogP contribution in [0.2, 0.25) is 0 Å². The average Bonchev–Trinajstić information content (AvgIpc) is 2.46. The molecule has 19 heavy (non-hydrogen) atoms. The van der Waals surface area contributed by atoms with Gasteiger partial charge < -0.3 is 11.1 Å². The van der Waals surface area contributed by atoms with Crippen LogP contribution in [0.4, 0.5) is 0 Å². The minimum Gasteiger partial charge on any atom is -0.330 e. The molecular formula is C17H36N2. The van der Waals surface area contributed by atoms with Crippen LogP contribution in [0.3, 0.4) is 0 Å². The summed E-state index contributed by atoms with van der Waals surface area (Å²) in [5.41, 5.74) is 5.86. The first kappa shape index (κ1) is 17.0. The van der Waals surface area contributed by atoms with Crippen molar-refractivity contribution in [1.82, 2.24) is 5.32 Å². The van der Waals surface area contributed by atoms with Gasteiger partial charge in [0.25, 0.3) is 0 Å². The largest absolute Gasteiger partial charge is 0.330 e. The van der Waals surface area contributed by atoms with Crippen molar-refractivity contribution in [1.29, 1.82) is 0 Å². The highest BCUT2D eigenvalue weighted by molar-refractivity contribution is 4.81. The summed E-state index contributed by atoms with van der Waals surface area (Å²) in [5, 5.41) is 3.75. The number of nitrogens with one attached hydrogen (secondary N) is 1. The Labute approximate surface area is 120 Å². The molecule has 0 aromatic carbocycles. The molecule has 0 saturated heterocycles. The van der Waals surface area contributed by atoms with E-state index >= 15 is 0 Å². The van der Waals surface area contributed by atoms with Crippen LogP contribution < -0.4 is 11.1 Å². The first-order valence-electron chi connectivity index (χ1n) is 8.82. The molecule has 2 nitrogen and oxygen atoms in total. The SMILES string of the molecule is CCCCCCCCCCNC1CCCCC1CN. The van der Waals surface area contributed by atoms with Gasteiger partial charge in [0.15, 0.2) is 0 Å². The number of nitrogens with two attached hydrogens (primary N) is 1. The van der Waals surface area contributed by atoms with Gasteiger partial charge >= 0.3 is 0 Å². The quantitative estimate of drug-likeness (QED) is 0.550. The van der Waals surface area contributed by atoms with Crippen LogP contribution in [0, 0.1) is 5.92 Å². The molecule has 2 unspecified atom stereocenters. The first-order chi connectivity index (χ1) is 9.38. The Balaban J connectivity index is 1.89. The van der Waals surface area contributed by atoms with Crippen molar-refractivity contribution < 1.29 is 0 Å². The predicted octanol–water partition coefficient (Wildman–Crippen LogP) is 4.23. The molecule has 3 N–H and O–H groups in total. The first-order valence-corrected chi connectivity index (χ1v) is 8.82. The molecule has 2 atom stereocenters. The molecule has 0 amide bonds. The summed E-state index contributed by atoms with van der Waals surface area (Å²) < 4.78 is 0. The predicted molar refractivity (Wildman–Crippen MR) is 85.4 cm³/mol. The number of unbranched alkanes of at least 4 members (excludes halogenated alkanes) is 7. The molecule has 0 aromatic heterocycles. The van der Waals surface area contributed by atoms with E-state index in [9.17, 15) is 0 Å². The monoisotopic (exact) mass is 268 g/mol. The van der Waals surface area contributed by atoms with E-state index in [0.29, 0.717) is 6.04 Å². The van der Waals surface area contributed by atoms with Gasteiger partial charge in [0, 0.05) is 6.04 Å². The zero-order valence-corrected chi connectivity index (χ0v) is 13.1. The lowest BCUT2D eigenvalue weighted by Gasteiger charge is -2.31. The van der Waals surface area contributed by atoms with E-state index in [-0.39, 0.29) is 0 Å². The lowest BCUT2D eigenvalue weighted by Crippen LogP contribution is -2.42. The highest BCUT2D eigenvalue weighted by atomic mass is 14.9. The van der Waals surface area contributed by atoms with Crippen molar-refractivity contribution in [3.8, 4) is 0 Å². The number of hydrogen-bond acceptors (Lipinski definition) is 2. The Hall–Kier alpha value is -0.0800. The smallest absolute Gasteiger partial charge is 0.0107 e. The molecule has 1 rings (SSSR count). The van der Waals surface area contributed by atoms with Gasteiger partial charge in [0.2, 0.25) is 0 Å². The van der Waals surface area contributed by atoms with E-state index in [1.54, 1.807) is 0 Å². The van der Waals surface area contributed by atoms with Gasteiger partial charge in [-0.15, -0.1) is 0 Å². The molecule has 114 valence electrons. The Morgan fingerprint density at radius 1 is 0.895 bits per heavy atom. The standard InChI is InChI=1S/C17H36N2/c1-2-3-4-5-6-7-8-11-14-19-17-13-10-9-12-16(17)15-18/h16-17,19H,2-15,18H2,1H3. The molecule has 1 saturated carbocycles. The maximum Gasteiger partial charge on any atom is 0.0107 e. The van der Waals surface area contributed by atoms with Crippen LogP contribution in [-0.4, -0.2) is 19.1 Å². The van der Waals surface area contributed by atoms with Crippen LogP contribution in [0.1, 0.15) is 84.0 Å². The van der Waals surface area contributed by atoms with Gasteiger partial charge in [-0.25, -0.2) is 0 Å². The molecule has 0 aliphatic heterocycles. The van der Waals surface area contributed by atoms with Gasteiger partial charge in [-0.05, 0) is 38.3 Å². The van der Waals surface area contributed by atoms with Crippen molar-refractivity contribution >= 4 is 0 Å². The Bertz CT molecular complexity index is 194. The van der Waals surface area contributed by atoms with Gasteiger partial charge in [-0.1, -0.05) is 64.7 Å². The molecule has 1 fully saturated rings. The molecule has 1 aliphatic rings. The number of rotatable bonds is 11. The van der Waals surface area contributed by atoms with Gasteiger partial charge in [-0.2, -0.15) is 0 Å². The van der Waals surface area contributed by atoms with Gasteiger partial charge in [0.05, 0.1) is 0 Å². The zero-order valence-electron chi connectivity index (χ0n) is 13.1. The summed E-state index contributed by atoms with van der Waals surface area (Å²) in [5.74, 6) is 0.739. The minimum absolute atomic E-state index is 0.711. The summed E-state index contributed by atoms with van der Waals surface area (Å²) in [6.07, 6.45) is 16.7. The fourth-order valence-corrected chi connectivity index (χ4v) is 3.30. The second-order valence-corrected chi connectivity index (χ2v) is 6.32. The number of hydrogen-bond donors (Lipinski definition) is 2. The van der Waals surface area contributed by atoms with Crippen LogP contribution in [0.25, 0.3) is 0 Å². The minimum atomic E-state index is 0.711. The third-order valence-corrected chi connectivity index (χ3v) is 4.65. The zero-order chi connectivity index (χ0) is 13.8. The van der Waals surface area contributed by atoms with Crippen LogP contribution in [-0.2, 0) is 0 Å². The topological polar surface area (TPSA) is 38.0 Å². The molecular weight excluding hydrogens is 232 g/mol. The second kappa shape index (κ2) is 11.7. The lowest BCUT2D eigenvalue weighted by molar-refractivity contribution is 0.267. The third kappa shape index (κ3) is 7.94. The van der Waals surface area contributed by atoms with E-state index in [1.807, 2.05) is 0 Å². The van der Waals surface area contributed by atoms with Crippen molar-refractivity contribution in [2.24, 2.45) is 11.7 Å². The van der Waals surface area contributed by atoms with Crippen molar-refractivity contribution in [3.63, 3.8) is 0 Å². The molecule has 2 heteroatoms. The summed E-state index contributed by atoms with van der Waals surface area (Å²) in [7, 11) is 0. The lowest BCUT2D eigenvalue weighted by atomic mass is 9.84. The molecule has 0 radical (unpaired) electrons. The highest BCUT2D eigenvalue weighted by Gasteiger charge is 2.22. The van der Waals surface area contributed by atoms with Crippen molar-refractivity contribution in [2.45, 2.75) is 90.0 Å². The van der Waals surface area contributed by atoms with Crippen molar-refractivity contribution in [3.05, 3.63) is 0 Å².